The Morgan fingerprint density at radius 3 is 1.39 bits per heavy atom. The molecule has 0 rings (SSSR count). The summed E-state index contributed by atoms with van der Waals surface area (Å²) in [6.45, 7) is 7.58. The van der Waals surface area contributed by atoms with Crippen molar-refractivity contribution in [3.63, 3.8) is 0 Å². The molecule has 0 amide bonds. The molecule has 0 spiro atoms. The van der Waals surface area contributed by atoms with Crippen molar-refractivity contribution < 1.29 is 9.53 Å². The fourth-order valence-electron chi connectivity index (χ4n) is 4.58. The van der Waals surface area contributed by atoms with Gasteiger partial charge < -0.3 is 4.74 Å². The van der Waals surface area contributed by atoms with Crippen LogP contribution in [-0.4, -0.2) is 12.6 Å². The highest BCUT2D eigenvalue weighted by Crippen LogP contribution is 2.15. The maximum atomic E-state index is 11.8. The highest BCUT2D eigenvalue weighted by molar-refractivity contribution is 5.69. The smallest absolute Gasteiger partial charge is 0.305 e. The SMILES string of the molecule is CCCCCCCCCCCCCCCCC(=O)OCCCCCCCCCCC(C)CC. The van der Waals surface area contributed by atoms with E-state index in [0.29, 0.717) is 13.0 Å². The molecule has 0 fully saturated rings. The first kappa shape index (κ1) is 32.5. The number of carbonyl (C=O) groups is 1. The van der Waals surface area contributed by atoms with Crippen molar-refractivity contribution in [1.82, 2.24) is 0 Å². The first-order valence-electron chi connectivity index (χ1n) is 15.4. The summed E-state index contributed by atoms with van der Waals surface area (Å²) < 4.78 is 5.41. The van der Waals surface area contributed by atoms with Crippen LogP contribution in [0.1, 0.15) is 181 Å². The molecule has 0 aliphatic carbocycles. The monoisotopic (exact) mass is 466 g/mol. The van der Waals surface area contributed by atoms with Crippen LogP contribution in [-0.2, 0) is 9.53 Å². The predicted octanol–water partition coefficient (Wildman–Crippen LogP) is 11.0. The summed E-state index contributed by atoms with van der Waals surface area (Å²) in [5.41, 5.74) is 0. The lowest BCUT2D eigenvalue weighted by Gasteiger charge is -2.07. The minimum atomic E-state index is 0.0234. The molecule has 198 valence electrons. The lowest BCUT2D eigenvalue weighted by molar-refractivity contribution is -0.143. The summed E-state index contributed by atoms with van der Waals surface area (Å²) in [4.78, 5) is 11.8. The van der Waals surface area contributed by atoms with Crippen LogP contribution in [0.2, 0.25) is 0 Å². The molecule has 33 heavy (non-hydrogen) atoms. The minimum absolute atomic E-state index is 0.0234. The van der Waals surface area contributed by atoms with E-state index in [2.05, 4.69) is 20.8 Å². The largest absolute Gasteiger partial charge is 0.466 e. The molecule has 0 bridgehead atoms. The van der Waals surface area contributed by atoms with Crippen molar-refractivity contribution >= 4 is 5.97 Å². The average molecular weight is 467 g/mol. The molecular formula is C31H62O2. The molecule has 0 radical (unpaired) electrons. The van der Waals surface area contributed by atoms with Crippen molar-refractivity contribution in [2.75, 3.05) is 6.61 Å². The van der Waals surface area contributed by atoms with Gasteiger partial charge in [-0.3, -0.25) is 4.79 Å². The van der Waals surface area contributed by atoms with Crippen molar-refractivity contribution in [2.45, 2.75) is 181 Å². The highest BCUT2D eigenvalue weighted by atomic mass is 16.5. The fourth-order valence-corrected chi connectivity index (χ4v) is 4.58. The normalized spacial score (nSPS) is 12.2. The van der Waals surface area contributed by atoms with E-state index in [1.165, 1.54) is 141 Å². The average Bonchev–Trinajstić information content (AvgIpc) is 2.82. The van der Waals surface area contributed by atoms with Crippen molar-refractivity contribution in [3.05, 3.63) is 0 Å². The Morgan fingerprint density at radius 1 is 0.545 bits per heavy atom. The molecule has 0 aliphatic heterocycles. The van der Waals surface area contributed by atoms with Gasteiger partial charge in [-0.25, -0.2) is 0 Å². The van der Waals surface area contributed by atoms with E-state index in [0.717, 1.165) is 18.8 Å². The molecule has 0 heterocycles. The number of unbranched alkanes of at least 4 members (excludes halogenated alkanes) is 20. The number of carbonyl (C=O) groups excluding carboxylic acids is 1. The van der Waals surface area contributed by atoms with E-state index in [1.54, 1.807) is 0 Å². The van der Waals surface area contributed by atoms with Gasteiger partial charge >= 0.3 is 5.97 Å². The van der Waals surface area contributed by atoms with Crippen LogP contribution in [0.4, 0.5) is 0 Å². The first-order valence-corrected chi connectivity index (χ1v) is 15.4. The second kappa shape index (κ2) is 27.7. The Hall–Kier alpha value is -0.530. The summed E-state index contributed by atoms with van der Waals surface area (Å²) in [6, 6.07) is 0. The molecule has 0 N–H and O–H groups in total. The highest BCUT2D eigenvalue weighted by Gasteiger charge is 2.03. The van der Waals surface area contributed by atoms with Crippen LogP contribution in [0.3, 0.4) is 0 Å². The van der Waals surface area contributed by atoms with Crippen LogP contribution in [0.15, 0.2) is 0 Å². The van der Waals surface area contributed by atoms with Crippen LogP contribution in [0.25, 0.3) is 0 Å². The molecule has 2 nitrogen and oxygen atoms in total. The van der Waals surface area contributed by atoms with E-state index in [9.17, 15) is 4.79 Å². The second-order valence-electron chi connectivity index (χ2n) is 10.7. The molecule has 0 aromatic carbocycles. The number of esters is 1. The Bertz CT molecular complexity index is 379. The topological polar surface area (TPSA) is 26.3 Å². The van der Waals surface area contributed by atoms with Gasteiger partial charge in [-0.15, -0.1) is 0 Å². The van der Waals surface area contributed by atoms with Gasteiger partial charge in [0.2, 0.25) is 0 Å². The first-order chi connectivity index (χ1) is 16.2. The molecule has 1 unspecified atom stereocenters. The summed E-state index contributed by atoms with van der Waals surface area (Å²) in [6.07, 6.45) is 32.7. The van der Waals surface area contributed by atoms with E-state index in [4.69, 9.17) is 4.74 Å². The Kier molecular flexibility index (Phi) is 27.3. The molecule has 1 atom stereocenters. The molecule has 0 aromatic rings. The van der Waals surface area contributed by atoms with Crippen LogP contribution >= 0.6 is 0 Å². The third-order valence-electron chi connectivity index (χ3n) is 7.29. The Labute approximate surface area is 209 Å². The standard InChI is InChI=1S/C31H62O2/c1-4-6-7-8-9-10-11-12-13-14-15-19-22-25-28-31(32)33-29-26-23-20-17-16-18-21-24-27-30(3)5-2/h30H,4-29H2,1-3H3. The fraction of sp³-hybridized carbons (Fsp3) is 0.968. The van der Waals surface area contributed by atoms with Crippen LogP contribution in [0, 0.1) is 5.92 Å². The van der Waals surface area contributed by atoms with Gasteiger partial charge in [-0.05, 0) is 18.8 Å². The van der Waals surface area contributed by atoms with E-state index < -0.39 is 0 Å². The molecule has 2 heteroatoms. The van der Waals surface area contributed by atoms with Gasteiger partial charge in [0.1, 0.15) is 0 Å². The summed E-state index contributed by atoms with van der Waals surface area (Å²) in [5.74, 6) is 0.928. The van der Waals surface area contributed by atoms with Gasteiger partial charge in [0, 0.05) is 6.42 Å². The molecule has 0 aromatic heterocycles. The van der Waals surface area contributed by atoms with Crippen LogP contribution < -0.4 is 0 Å². The zero-order chi connectivity index (χ0) is 24.2. The van der Waals surface area contributed by atoms with Gasteiger partial charge in [0.15, 0.2) is 0 Å². The Morgan fingerprint density at radius 2 is 0.939 bits per heavy atom. The zero-order valence-corrected chi connectivity index (χ0v) is 23.3. The summed E-state index contributed by atoms with van der Waals surface area (Å²) in [7, 11) is 0. The number of hydrogen-bond acceptors (Lipinski definition) is 2. The lowest BCUT2D eigenvalue weighted by atomic mass is 10.00. The molecule has 0 saturated carbocycles. The van der Waals surface area contributed by atoms with Gasteiger partial charge in [-0.2, -0.15) is 0 Å². The third kappa shape index (κ3) is 27.6. The number of hydrogen-bond donors (Lipinski definition) is 0. The molecule has 0 saturated heterocycles. The van der Waals surface area contributed by atoms with Crippen molar-refractivity contribution in [2.24, 2.45) is 5.92 Å². The minimum Gasteiger partial charge on any atom is -0.466 e. The van der Waals surface area contributed by atoms with E-state index >= 15 is 0 Å². The van der Waals surface area contributed by atoms with Gasteiger partial charge in [0.05, 0.1) is 6.61 Å². The van der Waals surface area contributed by atoms with E-state index in [-0.39, 0.29) is 5.97 Å². The third-order valence-corrected chi connectivity index (χ3v) is 7.29. The number of ether oxygens (including phenoxy) is 1. The van der Waals surface area contributed by atoms with Gasteiger partial charge in [0.25, 0.3) is 0 Å². The Balaban J connectivity index is 3.16. The lowest BCUT2D eigenvalue weighted by Crippen LogP contribution is -2.05. The van der Waals surface area contributed by atoms with Crippen LogP contribution in [0.5, 0.6) is 0 Å². The molecular weight excluding hydrogens is 404 g/mol. The van der Waals surface area contributed by atoms with Crippen molar-refractivity contribution in [3.8, 4) is 0 Å². The maximum absolute atomic E-state index is 11.8. The zero-order valence-electron chi connectivity index (χ0n) is 23.3. The predicted molar refractivity (Wildman–Crippen MR) is 147 cm³/mol. The second-order valence-corrected chi connectivity index (χ2v) is 10.7. The quantitative estimate of drug-likeness (QED) is 0.0888. The van der Waals surface area contributed by atoms with Crippen molar-refractivity contribution in [1.29, 1.82) is 0 Å². The number of rotatable bonds is 27. The molecule has 0 aliphatic rings. The van der Waals surface area contributed by atoms with E-state index in [1.807, 2.05) is 0 Å². The van der Waals surface area contributed by atoms with Gasteiger partial charge in [-0.1, -0.05) is 162 Å². The maximum Gasteiger partial charge on any atom is 0.305 e. The summed E-state index contributed by atoms with van der Waals surface area (Å²) >= 11 is 0. The summed E-state index contributed by atoms with van der Waals surface area (Å²) in [5, 5.41) is 0.